The fourth-order valence-corrected chi connectivity index (χ4v) is 1.20. The highest BCUT2D eigenvalue weighted by atomic mass is 19.3. The van der Waals surface area contributed by atoms with Crippen molar-refractivity contribution in [2.75, 3.05) is 26.6 Å². The predicted molar refractivity (Wildman–Crippen MR) is 74.1 cm³/mol. The van der Waals surface area contributed by atoms with Crippen LogP contribution in [0.2, 0.25) is 0 Å². The molecule has 0 aliphatic heterocycles. The standard InChI is InChI=1S/C13H14F9NO7/c1-7(2)8(24)26-4-3-23-9(25)27-5-10(15,16)29-11(17,18)12(19,20)30-13(21,22)28-6-14/h1,3-6H2,2H3,(H,23,25). The number of carbonyl (C=O) groups excluding carboxylic acids is 2. The van der Waals surface area contributed by atoms with Gasteiger partial charge in [0.1, 0.15) is 6.61 Å². The zero-order valence-electron chi connectivity index (χ0n) is 14.8. The van der Waals surface area contributed by atoms with Gasteiger partial charge in [-0.15, -0.1) is 8.78 Å². The van der Waals surface area contributed by atoms with Crippen LogP contribution in [0.15, 0.2) is 12.2 Å². The van der Waals surface area contributed by atoms with Crippen LogP contribution < -0.4 is 5.32 Å². The number of alkyl halides is 9. The summed E-state index contributed by atoms with van der Waals surface area (Å²) in [7, 11) is 0. The fraction of sp³-hybridized carbons (Fsp3) is 0.692. The fourth-order valence-electron chi connectivity index (χ4n) is 1.20. The Hall–Kier alpha value is -2.27. The molecule has 0 radical (unpaired) electrons. The molecule has 0 aliphatic carbocycles. The van der Waals surface area contributed by atoms with Gasteiger partial charge in [-0.3, -0.25) is 4.74 Å². The molecule has 0 bridgehead atoms. The molecule has 0 fully saturated rings. The average Bonchev–Trinajstić information content (AvgIpc) is 2.54. The molecule has 0 aromatic carbocycles. The summed E-state index contributed by atoms with van der Waals surface area (Å²) in [5.41, 5.74) is 0.00472. The van der Waals surface area contributed by atoms with E-state index >= 15 is 0 Å². The Morgan fingerprint density at radius 3 is 1.97 bits per heavy atom. The summed E-state index contributed by atoms with van der Waals surface area (Å²) in [4.78, 5) is 22.1. The summed E-state index contributed by atoms with van der Waals surface area (Å²) < 4.78 is 131. The van der Waals surface area contributed by atoms with Gasteiger partial charge < -0.3 is 14.8 Å². The number of ether oxygens (including phenoxy) is 5. The van der Waals surface area contributed by atoms with Crippen molar-refractivity contribution >= 4 is 12.1 Å². The second-order valence-electron chi connectivity index (χ2n) is 5.01. The molecule has 0 spiro atoms. The SMILES string of the molecule is C=C(C)C(=O)OCCNC(=O)OCC(F)(F)OC(F)(F)C(F)(F)OC(F)(F)OCF. The van der Waals surface area contributed by atoms with Crippen molar-refractivity contribution in [2.24, 2.45) is 0 Å². The topological polar surface area (TPSA) is 92.3 Å². The number of nitrogens with one attached hydrogen (secondary N) is 1. The Balaban J connectivity index is 4.65. The predicted octanol–water partition coefficient (Wildman–Crippen LogP) is 3.14. The highest BCUT2D eigenvalue weighted by Crippen LogP contribution is 2.43. The monoisotopic (exact) mass is 467 g/mol. The number of esters is 1. The Bertz CT molecular complexity index is 616. The van der Waals surface area contributed by atoms with Crippen LogP contribution in [0.25, 0.3) is 0 Å². The van der Waals surface area contributed by atoms with Crippen LogP contribution in [0, 0.1) is 0 Å². The molecular formula is C13H14F9NO7. The molecule has 0 saturated heterocycles. The van der Waals surface area contributed by atoms with Gasteiger partial charge in [-0.05, 0) is 6.92 Å². The van der Waals surface area contributed by atoms with E-state index in [1.807, 2.05) is 0 Å². The Labute approximate surface area is 161 Å². The second-order valence-corrected chi connectivity index (χ2v) is 5.01. The van der Waals surface area contributed by atoms with Crippen LogP contribution in [-0.4, -0.2) is 63.3 Å². The third-order valence-corrected chi connectivity index (χ3v) is 2.41. The molecule has 30 heavy (non-hydrogen) atoms. The first kappa shape index (κ1) is 27.7. The van der Waals surface area contributed by atoms with Crippen LogP contribution in [0.1, 0.15) is 6.92 Å². The maximum atomic E-state index is 13.2. The van der Waals surface area contributed by atoms with Gasteiger partial charge in [0.15, 0.2) is 13.5 Å². The minimum atomic E-state index is -6.43. The van der Waals surface area contributed by atoms with Gasteiger partial charge >= 0.3 is 36.7 Å². The van der Waals surface area contributed by atoms with E-state index in [0.717, 1.165) is 0 Å². The number of hydrogen-bond donors (Lipinski definition) is 1. The summed E-state index contributed by atoms with van der Waals surface area (Å²) >= 11 is 0. The number of carbonyl (C=O) groups is 2. The summed E-state index contributed by atoms with van der Waals surface area (Å²) in [5, 5.41) is 1.72. The van der Waals surface area contributed by atoms with Crippen molar-refractivity contribution in [1.82, 2.24) is 5.32 Å². The summed E-state index contributed by atoms with van der Waals surface area (Å²) in [6.07, 6.45) is -25.5. The van der Waals surface area contributed by atoms with Gasteiger partial charge in [0.25, 0.3) is 0 Å². The number of amides is 1. The van der Waals surface area contributed by atoms with Gasteiger partial charge in [0.05, 0.1) is 6.54 Å². The third kappa shape index (κ3) is 9.97. The number of hydrogen-bond acceptors (Lipinski definition) is 7. The molecule has 0 saturated carbocycles. The van der Waals surface area contributed by atoms with E-state index < -0.39 is 63.3 Å². The lowest BCUT2D eigenvalue weighted by Crippen LogP contribution is -2.53. The smallest absolute Gasteiger partial charge is 0.460 e. The molecule has 1 N–H and O–H groups in total. The molecule has 0 aliphatic rings. The summed E-state index contributed by atoms with van der Waals surface area (Å²) in [6.45, 7) is -1.24. The molecule has 1 amide bonds. The lowest BCUT2D eigenvalue weighted by molar-refractivity contribution is -0.547. The van der Waals surface area contributed by atoms with Crippen molar-refractivity contribution in [3.8, 4) is 0 Å². The Kier molecular flexibility index (Phi) is 9.86. The van der Waals surface area contributed by atoms with E-state index in [9.17, 15) is 49.1 Å². The average molecular weight is 467 g/mol. The highest BCUT2D eigenvalue weighted by molar-refractivity contribution is 5.86. The molecule has 0 unspecified atom stereocenters. The van der Waals surface area contributed by atoms with E-state index in [1.54, 1.807) is 5.32 Å². The van der Waals surface area contributed by atoms with Crippen LogP contribution in [0.5, 0.6) is 0 Å². The first-order valence-corrected chi connectivity index (χ1v) is 7.29. The molecule has 0 atom stereocenters. The first-order chi connectivity index (χ1) is 13.4. The molecule has 0 heterocycles. The molecule has 0 rings (SSSR count). The zero-order valence-corrected chi connectivity index (χ0v) is 14.8. The molecule has 0 aromatic rings. The number of halogens is 9. The normalized spacial score (nSPS) is 13.0. The molecule has 17 heteroatoms. The van der Waals surface area contributed by atoms with E-state index in [-0.39, 0.29) is 5.57 Å². The van der Waals surface area contributed by atoms with Crippen LogP contribution in [0.4, 0.5) is 44.3 Å². The lowest BCUT2D eigenvalue weighted by atomic mass is 10.4. The van der Waals surface area contributed by atoms with Crippen molar-refractivity contribution < 1.29 is 72.8 Å². The lowest BCUT2D eigenvalue weighted by Gasteiger charge is -2.30. The van der Waals surface area contributed by atoms with Crippen molar-refractivity contribution in [3.05, 3.63) is 12.2 Å². The van der Waals surface area contributed by atoms with Crippen molar-refractivity contribution in [3.63, 3.8) is 0 Å². The maximum Gasteiger partial charge on any atom is 0.492 e. The summed E-state index contributed by atoms with van der Waals surface area (Å²) in [6, 6.07) is 0. The van der Waals surface area contributed by atoms with Gasteiger partial charge in [-0.1, -0.05) is 6.58 Å². The number of rotatable bonds is 13. The highest BCUT2D eigenvalue weighted by Gasteiger charge is 2.68. The molecule has 8 nitrogen and oxygen atoms in total. The number of alkyl carbamates (subject to hydrolysis) is 1. The van der Waals surface area contributed by atoms with Crippen LogP contribution in [-0.2, 0) is 28.5 Å². The minimum absolute atomic E-state index is 0.00472. The second kappa shape index (κ2) is 10.7. The van der Waals surface area contributed by atoms with Gasteiger partial charge in [-0.25, -0.2) is 23.5 Å². The molecule has 0 aromatic heterocycles. The van der Waals surface area contributed by atoms with Crippen LogP contribution in [0.3, 0.4) is 0 Å². The van der Waals surface area contributed by atoms with Crippen LogP contribution >= 0.6 is 0 Å². The van der Waals surface area contributed by atoms with E-state index in [0.29, 0.717) is 0 Å². The molecule has 176 valence electrons. The van der Waals surface area contributed by atoms with E-state index in [2.05, 4.69) is 30.3 Å². The van der Waals surface area contributed by atoms with E-state index in [4.69, 9.17) is 0 Å². The van der Waals surface area contributed by atoms with E-state index in [1.165, 1.54) is 6.92 Å². The summed E-state index contributed by atoms with van der Waals surface area (Å²) in [5.74, 6) is -0.849. The zero-order chi connectivity index (χ0) is 23.8. The van der Waals surface area contributed by atoms with Gasteiger partial charge in [0.2, 0.25) is 0 Å². The Morgan fingerprint density at radius 2 is 1.47 bits per heavy atom. The quantitative estimate of drug-likeness (QED) is 0.146. The largest absolute Gasteiger partial charge is 0.492 e. The Morgan fingerprint density at radius 1 is 0.933 bits per heavy atom. The van der Waals surface area contributed by atoms with Crippen molar-refractivity contribution in [2.45, 2.75) is 31.5 Å². The van der Waals surface area contributed by atoms with Gasteiger partial charge in [0, 0.05) is 5.57 Å². The minimum Gasteiger partial charge on any atom is -0.460 e. The van der Waals surface area contributed by atoms with Gasteiger partial charge in [-0.2, -0.15) is 26.3 Å². The van der Waals surface area contributed by atoms with Crippen molar-refractivity contribution in [1.29, 1.82) is 0 Å². The maximum absolute atomic E-state index is 13.2. The third-order valence-electron chi connectivity index (χ3n) is 2.41. The first-order valence-electron chi connectivity index (χ1n) is 7.29. The molecular weight excluding hydrogens is 453 g/mol.